The maximum atomic E-state index is 13.4. The van der Waals surface area contributed by atoms with Crippen molar-refractivity contribution in [1.29, 1.82) is 0 Å². The van der Waals surface area contributed by atoms with Crippen molar-refractivity contribution in [1.82, 2.24) is 10.4 Å². The molecule has 0 aromatic heterocycles. The number of benzene rings is 2. The van der Waals surface area contributed by atoms with Gasteiger partial charge in [-0.1, -0.05) is 54.6 Å². The molecule has 2 saturated heterocycles. The fourth-order valence-corrected chi connectivity index (χ4v) is 4.58. The molecule has 27 heavy (non-hydrogen) atoms. The van der Waals surface area contributed by atoms with Gasteiger partial charge in [0, 0.05) is 6.04 Å². The van der Waals surface area contributed by atoms with Crippen molar-refractivity contribution in [2.45, 2.75) is 50.1 Å². The molecule has 2 N–H and O–H groups in total. The van der Waals surface area contributed by atoms with Gasteiger partial charge in [-0.25, -0.2) is 5.48 Å². The summed E-state index contributed by atoms with van der Waals surface area (Å²) in [7, 11) is 0. The molecule has 2 aromatic carbocycles. The third kappa shape index (κ3) is 2.92. The number of carbonyl (C=O) groups excluding carboxylic acids is 2. The van der Waals surface area contributed by atoms with Crippen LogP contribution in [0.2, 0.25) is 0 Å². The first-order valence-electron chi connectivity index (χ1n) is 9.47. The minimum absolute atomic E-state index is 0.0164. The maximum Gasteiger partial charge on any atom is 0.266 e. The molecule has 2 aromatic rings. The van der Waals surface area contributed by atoms with Gasteiger partial charge >= 0.3 is 0 Å². The Morgan fingerprint density at radius 3 is 2.37 bits per heavy atom. The zero-order chi connectivity index (χ0) is 19.0. The molecule has 5 nitrogen and oxygen atoms in total. The predicted molar refractivity (Wildman–Crippen MR) is 102 cm³/mol. The zero-order valence-corrected chi connectivity index (χ0v) is 15.4. The third-order valence-electron chi connectivity index (χ3n) is 6.23. The van der Waals surface area contributed by atoms with Gasteiger partial charge in [0.05, 0.1) is 5.41 Å². The molecule has 2 fully saturated rings. The van der Waals surface area contributed by atoms with E-state index in [2.05, 4.69) is 24.3 Å². The van der Waals surface area contributed by atoms with E-state index in [0.717, 1.165) is 36.0 Å². The fourth-order valence-electron chi connectivity index (χ4n) is 4.58. The Morgan fingerprint density at radius 1 is 1.04 bits per heavy atom. The normalized spacial score (nSPS) is 27.3. The first-order chi connectivity index (χ1) is 13.0. The number of nitrogens with zero attached hydrogens (tertiary/aromatic N) is 1. The first-order valence-corrected chi connectivity index (χ1v) is 9.47. The number of hydrogen-bond donors (Lipinski definition) is 2. The van der Waals surface area contributed by atoms with Crippen LogP contribution >= 0.6 is 0 Å². The van der Waals surface area contributed by atoms with Gasteiger partial charge in [0.15, 0.2) is 0 Å². The van der Waals surface area contributed by atoms with Crippen molar-refractivity contribution < 1.29 is 14.8 Å². The van der Waals surface area contributed by atoms with Gasteiger partial charge in [0.25, 0.3) is 5.91 Å². The summed E-state index contributed by atoms with van der Waals surface area (Å²) < 4.78 is 0. The summed E-state index contributed by atoms with van der Waals surface area (Å²) in [6.07, 6.45) is 3.06. The van der Waals surface area contributed by atoms with Crippen molar-refractivity contribution in [2.24, 2.45) is 0 Å². The second-order valence-corrected chi connectivity index (χ2v) is 7.75. The van der Waals surface area contributed by atoms with Gasteiger partial charge in [0.1, 0.15) is 6.04 Å². The molecular formula is C22H24N2O3. The van der Waals surface area contributed by atoms with E-state index in [1.165, 1.54) is 0 Å². The Hall–Kier alpha value is -2.66. The topological polar surface area (TPSA) is 69.6 Å². The Balaban J connectivity index is 1.63. The number of nitrogens with one attached hydrogen (secondary N) is 1. The number of fused-ring (bicyclic) bond motifs is 1. The summed E-state index contributed by atoms with van der Waals surface area (Å²) >= 11 is 0. The molecule has 0 bridgehead atoms. The van der Waals surface area contributed by atoms with Gasteiger partial charge in [-0.3, -0.25) is 14.8 Å². The molecule has 0 aliphatic carbocycles. The lowest BCUT2D eigenvalue weighted by atomic mass is 9.73. The zero-order valence-electron chi connectivity index (χ0n) is 15.4. The monoisotopic (exact) mass is 364 g/mol. The molecule has 0 saturated carbocycles. The first kappa shape index (κ1) is 17.7. The average molecular weight is 364 g/mol. The van der Waals surface area contributed by atoms with Crippen LogP contribution in [-0.4, -0.2) is 34.0 Å². The number of carbonyl (C=O) groups is 2. The van der Waals surface area contributed by atoms with Crippen LogP contribution in [0.5, 0.6) is 0 Å². The smallest absolute Gasteiger partial charge is 0.266 e. The Morgan fingerprint density at radius 2 is 1.70 bits per heavy atom. The molecule has 0 radical (unpaired) electrons. The third-order valence-corrected chi connectivity index (χ3v) is 6.23. The summed E-state index contributed by atoms with van der Waals surface area (Å²) in [5.41, 5.74) is 4.30. The van der Waals surface area contributed by atoms with Gasteiger partial charge < -0.3 is 4.90 Å². The van der Waals surface area contributed by atoms with Crippen molar-refractivity contribution >= 4 is 11.8 Å². The SMILES string of the molecule is C[C@@]1(c2ccc(-c3ccccc3)cc2)CCC2CC[C@H](C(=O)NO)N2C1=O. The van der Waals surface area contributed by atoms with Crippen LogP contribution in [0, 0.1) is 0 Å². The minimum atomic E-state index is -0.649. The Labute approximate surface area is 159 Å². The van der Waals surface area contributed by atoms with Crippen molar-refractivity contribution in [3.63, 3.8) is 0 Å². The molecular weight excluding hydrogens is 340 g/mol. The van der Waals surface area contributed by atoms with E-state index in [4.69, 9.17) is 5.21 Å². The standard InChI is InChI=1S/C22H24N2O3/c1-22(17-9-7-16(8-10-17)15-5-3-2-4-6-15)14-13-18-11-12-19(20(25)23-27)24(18)21(22)26/h2-10,18-19,27H,11-14H2,1H3,(H,23,25)/t18?,19-,22+/m1/s1. The number of piperidine rings is 1. The molecule has 2 amide bonds. The second-order valence-electron chi connectivity index (χ2n) is 7.75. The van der Waals surface area contributed by atoms with Crippen molar-refractivity contribution in [3.8, 4) is 11.1 Å². The largest absolute Gasteiger partial charge is 0.327 e. The molecule has 4 rings (SSSR count). The summed E-state index contributed by atoms with van der Waals surface area (Å²) in [4.78, 5) is 27.1. The fraction of sp³-hybridized carbons (Fsp3) is 0.364. The van der Waals surface area contributed by atoms with Gasteiger partial charge in [0.2, 0.25) is 5.91 Å². The number of hydrogen-bond acceptors (Lipinski definition) is 3. The van der Waals surface area contributed by atoms with Gasteiger partial charge in [-0.2, -0.15) is 0 Å². The van der Waals surface area contributed by atoms with E-state index in [0.29, 0.717) is 6.42 Å². The number of rotatable bonds is 3. The summed E-state index contributed by atoms with van der Waals surface area (Å²) in [5, 5.41) is 9.02. The number of hydroxylamine groups is 1. The van der Waals surface area contributed by atoms with Crippen LogP contribution in [0.1, 0.15) is 38.2 Å². The van der Waals surface area contributed by atoms with E-state index in [1.54, 1.807) is 10.4 Å². The van der Waals surface area contributed by atoms with E-state index >= 15 is 0 Å². The van der Waals surface area contributed by atoms with Crippen LogP contribution in [-0.2, 0) is 15.0 Å². The molecule has 140 valence electrons. The molecule has 2 aliphatic heterocycles. The van der Waals surface area contributed by atoms with Gasteiger partial charge in [-0.15, -0.1) is 0 Å². The molecule has 3 atom stereocenters. The average Bonchev–Trinajstić information content (AvgIpc) is 3.16. The minimum Gasteiger partial charge on any atom is -0.327 e. The number of amides is 2. The van der Waals surface area contributed by atoms with Crippen LogP contribution < -0.4 is 5.48 Å². The lowest BCUT2D eigenvalue weighted by Crippen LogP contribution is -2.57. The highest BCUT2D eigenvalue weighted by Crippen LogP contribution is 2.43. The summed E-state index contributed by atoms with van der Waals surface area (Å²) in [6.45, 7) is 1.97. The highest BCUT2D eigenvalue weighted by molar-refractivity contribution is 5.94. The van der Waals surface area contributed by atoms with E-state index in [1.807, 2.05) is 37.3 Å². The highest BCUT2D eigenvalue weighted by atomic mass is 16.5. The molecule has 1 unspecified atom stereocenters. The molecule has 0 spiro atoms. The Bertz CT molecular complexity index is 850. The van der Waals surface area contributed by atoms with Crippen molar-refractivity contribution in [3.05, 3.63) is 60.2 Å². The lowest BCUT2D eigenvalue weighted by molar-refractivity contribution is -0.150. The molecule has 5 heteroatoms. The Kier molecular flexibility index (Phi) is 4.48. The van der Waals surface area contributed by atoms with E-state index in [-0.39, 0.29) is 11.9 Å². The van der Waals surface area contributed by atoms with E-state index < -0.39 is 17.4 Å². The van der Waals surface area contributed by atoms with Gasteiger partial charge in [-0.05, 0) is 49.3 Å². The summed E-state index contributed by atoms with van der Waals surface area (Å²) in [5.74, 6) is -0.508. The molecule has 2 heterocycles. The maximum absolute atomic E-state index is 13.4. The van der Waals surface area contributed by atoms with Crippen LogP contribution in [0.25, 0.3) is 11.1 Å². The van der Waals surface area contributed by atoms with Crippen molar-refractivity contribution in [2.75, 3.05) is 0 Å². The predicted octanol–water partition coefficient (Wildman–Crippen LogP) is 3.27. The van der Waals surface area contributed by atoms with E-state index in [9.17, 15) is 9.59 Å². The lowest BCUT2D eigenvalue weighted by Gasteiger charge is -2.43. The highest BCUT2D eigenvalue weighted by Gasteiger charge is 2.51. The van der Waals surface area contributed by atoms with Crippen LogP contribution in [0.15, 0.2) is 54.6 Å². The second kappa shape index (κ2) is 6.82. The molecule has 2 aliphatic rings. The quantitative estimate of drug-likeness (QED) is 0.649. The van der Waals surface area contributed by atoms with Crippen LogP contribution in [0.4, 0.5) is 0 Å². The van der Waals surface area contributed by atoms with Crippen LogP contribution in [0.3, 0.4) is 0 Å². The summed E-state index contributed by atoms with van der Waals surface area (Å²) in [6, 6.07) is 17.8.